The van der Waals surface area contributed by atoms with Crippen LogP contribution >= 0.6 is 0 Å². The van der Waals surface area contributed by atoms with E-state index in [0.717, 1.165) is 28.0 Å². The molecule has 1 fully saturated rings. The van der Waals surface area contributed by atoms with Gasteiger partial charge < -0.3 is 9.47 Å². The van der Waals surface area contributed by atoms with Crippen molar-refractivity contribution in [1.29, 1.82) is 0 Å². The molecule has 5 nitrogen and oxygen atoms in total. The van der Waals surface area contributed by atoms with Gasteiger partial charge in [-0.1, -0.05) is 72.8 Å². The first kappa shape index (κ1) is 21.4. The number of nitrogens with zero attached hydrogens (tertiary/aromatic N) is 1. The summed E-state index contributed by atoms with van der Waals surface area (Å²) in [5.41, 5.74) is 4.23. The van der Waals surface area contributed by atoms with Crippen LogP contribution in [0.3, 0.4) is 0 Å². The predicted molar refractivity (Wildman–Crippen MR) is 123 cm³/mol. The minimum atomic E-state index is -0.618. The number of ether oxygens (including phenoxy) is 2. The Morgan fingerprint density at radius 2 is 1.75 bits per heavy atom. The molecule has 3 aromatic rings. The normalized spacial score (nSPS) is 16.1. The summed E-state index contributed by atoms with van der Waals surface area (Å²) in [6.07, 6.45) is 1.15. The van der Waals surface area contributed by atoms with Crippen molar-refractivity contribution >= 4 is 18.1 Å². The highest BCUT2D eigenvalue weighted by molar-refractivity contribution is 6.05. The van der Waals surface area contributed by atoms with Crippen molar-refractivity contribution < 1.29 is 19.1 Å². The van der Waals surface area contributed by atoms with Crippen LogP contribution in [-0.4, -0.2) is 23.5 Å². The fourth-order valence-electron chi connectivity index (χ4n) is 3.67. The van der Waals surface area contributed by atoms with Gasteiger partial charge in [-0.05, 0) is 48.2 Å². The van der Waals surface area contributed by atoms with Gasteiger partial charge in [0.1, 0.15) is 25.0 Å². The van der Waals surface area contributed by atoms with E-state index in [0.29, 0.717) is 12.2 Å². The second-order valence-corrected chi connectivity index (χ2v) is 7.81. The summed E-state index contributed by atoms with van der Waals surface area (Å²) in [6, 6.07) is 24.8. The van der Waals surface area contributed by atoms with Gasteiger partial charge in [-0.15, -0.1) is 0 Å². The molecule has 2 amide bonds. The smallest absolute Gasteiger partial charge is 0.417 e. The average molecular weight is 428 g/mol. The van der Waals surface area contributed by atoms with Crippen LogP contribution in [0.4, 0.5) is 4.79 Å². The van der Waals surface area contributed by atoms with E-state index < -0.39 is 12.1 Å². The third-order valence-electron chi connectivity index (χ3n) is 5.45. The van der Waals surface area contributed by atoms with E-state index in [9.17, 15) is 9.59 Å². The summed E-state index contributed by atoms with van der Waals surface area (Å²) in [5.74, 6) is 0.388. The summed E-state index contributed by atoms with van der Waals surface area (Å²) in [4.78, 5) is 26.6. The van der Waals surface area contributed by atoms with Crippen molar-refractivity contribution in [3.8, 4) is 5.75 Å². The van der Waals surface area contributed by atoms with Crippen molar-refractivity contribution in [2.75, 3.05) is 6.61 Å². The lowest BCUT2D eigenvalue weighted by Gasteiger charge is -2.20. The molecular formula is C27H25NO4. The third-order valence-corrected chi connectivity index (χ3v) is 5.45. The lowest BCUT2D eigenvalue weighted by molar-refractivity contribution is -0.125. The lowest BCUT2D eigenvalue weighted by Crippen LogP contribution is -2.34. The Kier molecular flexibility index (Phi) is 6.36. The Bertz CT molecular complexity index is 1140. The van der Waals surface area contributed by atoms with Gasteiger partial charge in [0, 0.05) is 5.57 Å². The highest BCUT2D eigenvalue weighted by atomic mass is 16.6. The Morgan fingerprint density at radius 3 is 2.47 bits per heavy atom. The van der Waals surface area contributed by atoms with E-state index >= 15 is 0 Å². The van der Waals surface area contributed by atoms with Crippen LogP contribution in [0.15, 0.2) is 84.4 Å². The van der Waals surface area contributed by atoms with Crippen LogP contribution in [0.25, 0.3) is 6.08 Å². The molecule has 0 aromatic heterocycles. The Labute approximate surface area is 187 Å². The van der Waals surface area contributed by atoms with E-state index in [2.05, 4.69) is 0 Å². The molecule has 32 heavy (non-hydrogen) atoms. The molecule has 0 radical (unpaired) electrons. The zero-order valence-electron chi connectivity index (χ0n) is 18.2. The number of cyclic esters (lactones) is 1. The number of hydrogen-bond donors (Lipinski definition) is 0. The highest BCUT2D eigenvalue weighted by Crippen LogP contribution is 2.30. The third kappa shape index (κ3) is 4.72. The standard InChI is InChI=1S/C27H25NO4/c1-19-13-14-22(16-25(19)31-17-21-9-5-3-6-10-21)15-20(2)26(29)28-24(18-32-27(28)30)23-11-7-4-8-12-23/h3-16,24H,17-18H2,1-2H3/b20-15+/t24-/m0/s1. The Morgan fingerprint density at radius 1 is 1.06 bits per heavy atom. The summed E-state index contributed by atoms with van der Waals surface area (Å²) >= 11 is 0. The SMILES string of the molecule is C/C(=C\c1ccc(C)c(OCc2ccccc2)c1)C(=O)N1C(=O)OC[C@H]1c1ccccc1. The summed E-state index contributed by atoms with van der Waals surface area (Å²) < 4.78 is 11.2. The minimum absolute atomic E-state index is 0.157. The van der Waals surface area contributed by atoms with Crippen LogP contribution in [0.5, 0.6) is 5.75 Å². The minimum Gasteiger partial charge on any atom is -0.489 e. The first-order valence-electron chi connectivity index (χ1n) is 10.5. The molecule has 1 heterocycles. The topological polar surface area (TPSA) is 55.8 Å². The quantitative estimate of drug-likeness (QED) is 0.474. The van der Waals surface area contributed by atoms with Crippen LogP contribution < -0.4 is 4.74 Å². The molecule has 0 saturated carbocycles. The molecule has 1 aliphatic rings. The molecule has 1 aliphatic heterocycles. The van der Waals surface area contributed by atoms with Gasteiger partial charge in [0.15, 0.2) is 0 Å². The zero-order valence-corrected chi connectivity index (χ0v) is 18.2. The number of rotatable bonds is 6. The second-order valence-electron chi connectivity index (χ2n) is 7.81. The maximum atomic E-state index is 13.1. The summed E-state index contributed by atoms with van der Waals surface area (Å²) in [7, 11) is 0. The Balaban J connectivity index is 1.52. The summed E-state index contributed by atoms with van der Waals surface area (Å²) in [6.45, 7) is 4.31. The number of benzene rings is 3. The molecule has 162 valence electrons. The van der Waals surface area contributed by atoms with E-state index in [1.165, 1.54) is 4.90 Å². The fraction of sp³-hybridized carbons (Fsp3) is 0.185. The van der Waals surface area contributed by atoms with Crippen molar-refractivity contribution in [2.45, 2.75) is 26.5 Å². The number of aryl methyl sites for hydroxylation is 1. The predicted octanol–water partition coefficient (Wildman–Crippen LogP) is 5.70. The molecule has 0 aliphatic carbocycles. The van der Waals surface area contributed by atoms with E-state index in [4.69, 9.17) is 9.47 Å². The maximum absolute atomic E-state index is 13.1. The van der Waals surface area contributed by atoms with Gasteiger partial charge >= 0.3 is 6.09 Å². The zero-order chi connectivity index (χ0) is 22.5. The first-order chi connectivity index (χ1) is 15.5. The summed E-state index contributed by atoms with van der Waals surface area (Å²) in [5, 5.41) is 0. The molecule has 1 saturated heterocycles. The molecule has 1 atom stereocenters. The monoisotopic (exact) mass is 427 g/mol. The fourth-order valence-corrected chi connectivity index (χ4v) is 3.67. The van der Waals surface area contributed by atoms with Crippen LogP contribution in [-0.2, 0) is 16.1 Å². The first-order valence-corrected chi connectivity index (χ1v) is 10.5. The van der Waals surface area contributed by atoms with Crippen LogP contribution in [0, 0.1) is 6.92 Å². The van der Waals surface area contributed by atoms with Crippen LogP contribution in [0.1, 0.15) is 35.2 Å². The van der Waals surface area contributed by atoms with E-state index in [1.54, 1.807) is 13.0 Å². The van der Waals surface area contributed by atoms with Crippen molar-refractivity contribution in [3.63, 3.8) is 0 Å². The van der Waals surface area contributed by atoms with Crippen molar-refractivity contribution in [3.05, 3.63) is 107 Å². The highest BCUT2D eigenvalue weighted by Gasteiger charge is 2.39. The maximum Gasteiger partial charge on any atom is 0.417 e. The van der Waals surface area contributed by atoms with Gasteiger partial charge in [0.25, 0.3) is 5.91 Å². The number of amides is 2. The van der Waals surface area contributed by atoms with Gasteiger partial charge in [-0.3, -0.25) is 4.79 Å². The molecule has 3 aromatic carbocycles. The number of hydrogen-bond acceptors (Lipinski definition) is 4. The van der Waals surface area contributed by atoms with E-state index in [-0.39, 0.29) is 12.5 Å². The van der Waals surface area contributed by atoms with Crippen LogP contribution in [0.2, 0.25) is 0 Å². The molecule has 0 N–H and O–H groups in total. The molecule has 0 spiro atoms. The van der Waals surface area contributed by atoms with Gasteiger partial charge in [0.2, 0.25) is 0 Å². The molecule has 4 rings (SSSR count). The van der Waals surface area contributed by atoms with Gasteiger partial charge in [0.05, 0.1) is 0 Å². The molecular weight excluding hydrogens is 402 g/mol. The average Bonchev–Trinajstić information content (AvgIpc) is 3.21. The largest absolute Gasteiger partial charge is 0.489 e. The number of carbonyl (C=O) groups excluding carboxylic acids is 2. The molecule has 5 heteroatoms. The second kappa shape index (κ2) is 9.52. The van der Waals surface area contributed by atoms with E-state index in [1.807, 2.05) is 85.8 Å². The Hall–Kier alpha value is -3.86. The number of carbonyl (C=O) groups is 2. The van der Waals surface area contributed by atoms with Crippen molar-refractivity contribution in [2.24, 2.45) is 0 Å². The lowest BCUT2D eigenvalue weighted by atomic mass is 10.0. The van der Waals surface area contributed by atoms with Gasteiger partial charge in [-0.25, -0.2) is 9.69 Å². The van der Waals surface area contributed by atoms with Crippen molar-refractivity contribution in [1.82, 2.24) is 4.90 Å². The number of imide groups is 1. The van der Waals surface area contributed by atoms with Gasteiger partial charge in [-0.2, -0.15) is 0 Å². The molecule has 0 bridgehead atoms. The molecule has 0 unspecified atom stereocenters.